The zero-order valence-electron chi connectivity index (χ0n) is 6.48. The second-order valence-corrected chi connectivity index (χ2v) is 3.17. The molecule has 13 heavy (non-hydrogen) atoms. The van der Waals surface area contributed by atoms with Gasteiger partial charge in [-0.15, -0.1) is 11.3 Å². The minimum absolute atomic E-state index is 0.155. The number of hydrogen-bond acceptors (Lipinski definition) is 3. The fourth-order valence-electron chi connectivity index (χ4n) is 0.916. The Morgan fingerprint density at radius 3 is 2.77 bits per heavy atom. The normalized spacial score (nSPS) is 13.2. The number of rotatable bonds is 4. The SMILES string of the molecule is O=C(O)CC(c1cscn1)C(F)F. The van der Waals surface area contributed by atoms with Crippen LogP contribution in [0, 0.1) is 0 Å². The van der Waals surface area contributed by atoms with E-state index in [-0.39, 0.29) is 5.69 Å². The molecule has 0 spiro atoms. The summed E-state index contributed by atoms with van der Waals surface area (Å²) < 4.78 is 24.6. The average Bonchev–Trinajstić information content (AvgIpc) is 2.50. The van der Waals surface area contributed by atoms with Gasteiger partial charge < -0.3 is 5.11 Å². The van der Waals surface area contributed by atoms with Crippen LogP contribution >= 0.6 is 11.3 Å². The second-order valence-electron chi connectivity index (χ2n) is 2.45. The first kappa shape index (κ1) is 10.0. The average molecular weight is 207 g/mol. The molecule has 6 heteroatoms. The largest absolute Gasteiger partial charge is 0.481 e. The third kappa shape index (κ3) is 2.73. The molecule has 0 bridgehead atoms. The van der Waals surface area contributed by atoms with Gasteiger partial charge in [0.15, 0.2) is 0 Å². The van der Waals surface area contributed by atoms with Crippen LogP contribution in [0.25, 0.3) is 0 Å². The zero-order valence-corrected chi connectivity index (χ0v) is 7.30. The summed E-state index contributed by atoms with van der Waals surface area (Å²) in [5, 5.41) is 9.82. The monoisotopic (exact) mass is 207 g/mol. The molecule has 0 aliphatic carbocycles. The lowest BCUT2D eigenvalue weighted by atomic mass is 10.0. The molecular weight excluding hydrogens is 200 g/mol. The molecule has 0 radical (unpaired) electrons. The highest BCUT2D eigenvalue weighted by molar-refractivity contribution is 7.07. The van der Waals surface area contributed by atoms with Crippen LogP contribution in [0.3, 0.4) is 0 Å². The van der Waals surface area contributed by atoms with Gasteiger partial charge in [-0.2, -0.15) is 0 Å². The first-order valence-corrected chi connectivity index (χ1v) is 4.43. The Labute approximate surface area is 77.0 Å². The minimum atomic E-state index is -2.68. The van der Waals surface area contributed by atoms with Crippen molar-refractivity contribution < 1.29 is 18.7 Å². The molecule has 0 fully saturated rings. The van der Waals surface area contributed by atoms with Crippen molar-refractivity contribution in [1.29, 1.82) is 0 Å². The van der Waals surface area contributed by atoms with Crippen LogP contribution in [0.2, 0.25) is 0 Å². The molecule has 72 valence electrons. The molecular formula is C7H7F2NO2S. The molecule has 1 unspecified atom stereocenters. The Bertz CT molecular complexity index is 276. The lowest BCUT2D eigenvalue weighted by Crippen LogP contribution is -2.14. The molecule has 1 atom stereocenters. The molecule has 1 aromatic rings. The molecule has 0 aliphatic rings. The lowest BCUT2D eigenvalue weighted by molar-refractivity contribution is -0.138. The fraction of sp³-hybridized carbons (Fsp3) is 0.429. The van der Waals surface area contributed by atoms with Gasteiger partial charge in [0.2, 0.25) is 6.43 Å². The first-order valence-electron chi connectivity index (χ1n) is 3.49. The number of hydrogen-bond donors (Lipinski definition) is 1. The van der Waals surface area contributed by atoms with E-state index in [1.54, 1.807) is 0 Å². The predicted octanol–water partition coefficient (Wildman–Crippen LogP) is 1.97. The standard InChI is InChI=1S/C7H7F2NO2S/c8-7(9)4(1-6(11)12)5-2-13-3-10-5/h2-4,7H,1H2,(H,11,12). The van der Waals surface area contributed by atoms with Crippen molar-refractivity contribution in [3.63, 3.8) is 0 Å². The molecule has 0 aliphatic heterocycles. The van der Waals surface area contributed by atoms with Crippen LogP contribution < -0.4 is 0 Å². The topological polar surface area (TPSA) is 50.2 Å². The number of thiazole rings is 1. The van der Waals surface area contributed by atoms with Crippen LogP contribution in [0.15, 0.2) is 10.9 Å². The maximum atomic E-state index is 12.3. The smallest absolute Gasteiger partial charge is 0.304 e. The van der Waals surface area contributed by atoms with Crippen LogP contribution in [0.5, 0.6) is 0 Å². The van der Waals surface area contributed by atoms with Crippen molar-refractivity contribution in [2.75, 3.05) is 0 Å². The number of alkyl halides is 2. The summed E-state index contributed by atoms with van der Waals surface area (Å²) in [6, 6.07) is 0. The first-order chi connectivity index (χ1) is 6.11. The molecule has 0 saturated carbocycles. The van der Waals surface area contributed by atoms with Crippen molar-refractivity contribution in [3.05, 3.63) is 16.6 Å². The highest BCUT2D eigenvalue weighted by Gasteiger charge is 2.26. The van der Waals surface area contributed by atoms with E-state index >= 15 is 0 Å². The minimum Gasteiger partial charge on any atom is -0.481 e. The maximum absolute atomic E-state index is 12.3. The molecule has 0 aromatic carbocycles. The van der Waals surface area contributed by atoms with E-state index in [1.165, 1.54) is 22.2 Å². The van der Waals surface area contributed by atoms with Crippen molar-refractivity contribution in [3.8, 4) is 0 Å². The molecule has 0 saturated heterocycles. The Hall–Kier alpha value is -1.04. The number of carboxylic acid groups (broad SMARTS) is 1. The molecule has 1 heterocycles. The van der Waals surface area contributed by atoms with E-state index in [9.17, 15) is 13.6 Å². The Morgan fingerprint density at radius 2 is 2.38 bits per heavy atom. The van der Waals surface area contributed by atoms with Crippen LogP contribution in [0.1, 0.15) is 18.0 Å². The molecule has 1 rings (SSSR count). The summed E-state index contributed by atoms with van der Waals surface area (Å²) in [6.45, 7) is 0. The van der Waals surface area contributed by atoms with Gasteiger partial charge in [-0.3, -0.25) is 4.79 Å². The van der Waals surface area contributed by atoms with Gasteiger partial charge in [-0.1, -0.05) is 0 Å². The second kappa shape index (κ2) is 4.27. The Morgan fingerprint density at radius 1 is 1.69 bits per heavy atom. The van der Waals surface area contributed by atoms with Gasteiger partial charge in [0.25, 0.3) is 0 Å². The third-order valence-corrected chi connectivity index (χ3v) is 2.13. The van der Waals surface area contributed by atoms with Gasteiger partial charge >= 0.3 is 5.97 Å². The highest BCUT2D eigenvalue weighted by atomic mass is 32.1. The van der Waals surface area contributed by atoms with E-state index < -0.39 is 24.7 Å². The number of carboxylic acids is 1. The van der Waals surface area contributed by atoms with E-state index in [0.717, 1.165) is 0 Å². The summed E-state index contributed by atoms with van der Waals surface area (Å²) in [4.78, 5) is 13.9. The Kier molecular flexibility index (Phi) is 3.30. The van der Waals surface area contributed by atoms with Crippen molar-refractivity contribution in [2.24, 2.45) is 0 Å². The third-order valence-electron chi connectivity index (χ3n) is 1.53. The summed E-state index contributed by atoms with van der Waals surface area (Å²) in [6.07, 6.45) is -3.26. The highest BCUT2D eigenvalue weighted by Crippen LogP contribution is 2.26. The molecule has 1 N–H and O–H groups in total. The summed E-state index contributed by atoms with van der Waals surface area (Å²) in [7, 11) is 0. The van der Waals surface area contributed by atoms with Crippen molar-refractivity contribution in [2.45, 2.75) is 18.8 Å². The summed E-state index contributed by atoms with van der Waals surface area (Å²) in [5.74, 6) is -2.53. The van der Waals surface area contributed by atoms with Gasteiger partial charge in [0.05, 0.1) is 23.5 Å². The predicted molar refractivity (Wildman–Crippen MR) is 43.1 cm³/mol. The fourth-order valence-corrected chi connectivity index (χ4v) is 1.53. The summed E-state index contributed by atoms with van der Waals surface area (Å²) >= 11 is 1.18. The van der Waals surface area contributed by atoms with Gasteiger partial charge in [0, 0.05) is 5.38 Å². The molecule has 1 aromatic heterocycles. The van der Waals surface area contributed by atoms with Gasteiger partial charge in [0.1, 0.15) is 0 Å². The molecule has 0 amide bonds. The van der Waals surface area contributed by atoms with Crippen molar-refractivity contribution >= 4 is 17.3 Å². The number of nitrogens with zero attached hydrogens (tertiary/aromatic N) is 1. The van der Waals surface area contributed by atoms with E-state index in [4.69, 9.17) is 5.11 Å². The number of aliphatic carboxylic acids is 1. The van der Waals surface area contributed by atoms with Crippen molar-refractivity contribution in [1.82, 2.24) is 4.98 Å². The van der Waals surface area contributed by atoms with Gasteiger partial charge in [-0.25, -0.2) is 13.8 Å². The quantitative estimate of drug-likeness (QED) is 0.821. The van der Waals surface area contributed by atoms with Crippen LogP contribution in [0.4, 0.5) is 8.78 Å². The number of aromatic nitrogens is 1. The number of carbonyl (C=O) groups is 1. The summed E-state index contributed by atoms with van der Waals surface area (Å²) in [5.41, 5.74) is 1.56. The van der Waals surface area contributed by atoms with E-state index in [0.29, 0.717) is 0 Å². The van der Waals surface area contributed by atoms with Gasteiger partial charge in [-0.05, 0) is 0 Å². The van der Waals surface area contributed by atoms with Crippen LogP contribution in [-0.2, 0) is 4.79 Å². The van der Waals surface area contributed by atoms with E-state index in [1.807, 2.05) is 0 Å². The van der Waals surface area contributed by atoms with E-state index in [2.05, 4.69) is 4.98 Å². The maximum Gasteiger partial charge on any atom is 0.304 e. The zero-order chi connectivity index (χ0) is 9.84. The van der Waals surface area contributed by atoms with Crippen LogP contribution in [-0.4, -0.2) is 22.5 Å². The number of halogens is 2. The molecule has 3 nitrogen and oxygen atoms in total. The Balaban J connectivity index is 2.74. The lowest BCUT2D eigenvalue weighted by Gasteiger charge is -2.09.